The van der Waals surface area contributed by atoms with Gasteiger partial charge in [0, 0.05) is 31.6 Å². The first-order chi connectivity index (χ1) is 11.1. The highest BCUT2D eigenvalue weighted by Crippen LogP contribution is 2.12. The van der Waals surface area contributed by atoms with E-state index >= 15 is 0 Å². The standard InChI is InChI=1S/C19H30N2O2/c1-4-13-21(14-5-2)19(23)12-8-11-18(22)20-17-10-7-9-16(6-3)15-17/h7,9-10,15H,4-6,8,11-14H2,1-3H3,(H,20,22). The van der Waals surface area contributed by atoms with Crippen LogP contribution in [0.15, 0.2) is 24.3 Å². The molecular formula is C19H30N2O2. The molecule has 0 spiro atoms. The Morgan fingerprint density at radius 3 is 2.35 bits per heavy atom. The molecule has 0 heterocycles. The molecule has 1 N–H and O–H groups in total. The summed E-state index contributed by atoms with van der Waals surface area (Å²) in [5.74, 6) is 0.137. The zero-order valence-electron chi connectivity index (χ0n) is 14.7. The molecule has 128 valence electrons. The molecule has 4 nitrogen and oxygen atoms in total. The Balaban J connectivity index is 2.36. The average Bonchev–Trinajstić information content (AvgIpc) is 2.54. The van der Waals surface area contributed by atoms with Gasteiger partial charge in [-0.3, -0.25) is 9.59 Å². The number of nitrogens with zero attached hydrogens (tertiary/aromatic N) is 1. The van der Waals surface area contributed by atoms with Crippen LogP contribution in [0, 0.1) is 0 Å². The SMILES string of the molecule is CCCN(CCC)C(=O)CCCC(=O)Nc1cccc(CC)c1. The van der Waals surface area contributed by atoms with Gasteiger partial charge in [-0.05, 0) is 43.4 Å². The summed E-state index contributed by atoms with van der Waals surface area (Å²) in [6, 6.07) is 7.88. The van der Waals surface area contributed by atoms with E-state index in [9.17, 15) is 9.59 Å². The molecule has 0 aliphatic rings. The molecule has 0 aliphatic carbocycles. The lowest BCUT2D eigenvalue weighted by Gasteiger charge is -2.21. The minimum Gasteiger partial charge on any atom is -0.343 e. The van der Waals surface area contributed by atoms with Crippen molar-refractivity contribution in [2.75, 3.05) is 18.4 Å². The first-order valence-electron chi connectivity index (χ1n) is 8.77. The maximum absolute atomic E-state index is 12.1. The molecule has 0 aromatic heterocycles. The van der Waals surface area contributed by atoms with E-state index in [0.29, 0.717) is 19.3 Å². The van der Waals surface area contributed by atoms with Crippen LogP contribution in [0.1, 0.15) is 58.4 Å². The van der Waals surface area contributed by atoms with E-state index < -0.39 is 0 Å². The number of hydrogen-bond acceptors (Lipinski definition) is 2. The number of rotatable bonds is 10. The van der Waals surface area contributed by atoms with E-state index in [-0.39, 0.29) is 11.8 Å². The van der Waals surface area contributed by atoms with Crippen LogP contribution in [0.5, 0.6) is 0 Å². The maximum atomic E-state index is 12.1. The summed E-state index contributed by atoms with van der Waals surface area (Å²) in [4.78, 5) is 26.0. The second-order valence-corrected chi connectivity index (χ2v) is 5.84. The number of amides is 2. The molecule has 0 fully saturated rings. The van der Waals surface area contributed by atoms with Crippen molar-refractivity contribution in [2.45, 2.75) is 59.3 Å². The molecule has 23 heavy (non-hydrogen) atoms. The van der Waals surface area contributed by atoms with Crippen molar-refractivity contribution in [1.82, 2.24) is 4.90 Å². The molecule has 0 atom stereocenters. The van der Waals surface area contributed by atoms with Crippen molar-refractivity contribution in [2.24, 2.45) is 0 Å². The van der Waals surface area contributed by atoms with E-state index in [4.69, 9.17) is 0 Å². The molecule has 0 bridgehead atoms. The Hall–Kier alpha value is -1.84. The molecular weight excluding hydrogens is 288 g/mol. The lowest BCUT2D eigenvalue weighted by Crippen LogP contribution is -2.32. The van der Waals surface area contributed by atoms with Crippen LogP contribution in [0.3, 0.4) is 0 Å². The molecule has 0 saturated heterocycles. The number of nitrogens with one attached hydrogen (secondary N) is 1. The normalized spacial score (nSPS) is 10.4. The summed E-state index contributed by atoms with van der Waals surface area (Å²) in [7, 11) is 0. The lowest BCUT2D eigenvalue weighted by atomic mass is 10.1. The van der Waals surface area contributed by atoms with Gasteiger partial charge in [-0.2, -0.15) is 0 Å². The minimum atomic E-state index is -0.0245. The van der Waals surface area contributed by atoms with Crippen LogP contribution >= 0.6 is 0 Å². The van der Waals surface area contributed by atoms with Gasteiger partial charge in [-0.1, -0.05) is 32.9 Å². The highest BCUT2D eigenvalue weighted by molar-refractivity contribution is 5.91. The summed E-state index contributed by atoms with van der Waals surface area (Å²) in [6.07, 6.45) is 4.32. The second-order valence-electron chi connectivity index (χ2n) is 5.84. The monoisotopic (exact) mass is 318 g/mol. The van der Waals surface area contributed by atoms with E-state index in [2.05, 4.69) is 26.1 Å². The van der Waals surface area contributed by atoms with Crippen molar-refractivity contribution in [3.8, 4) is 0 Å². The Morgan fingerprint density at radius 1 is 1.04 bits per heavy atom. The van der Waals surface area contributed by atoms with Gasteiger partial charge in [0.25, 0.3) is 0 Å². The summed E-state index contributed by atoms with van der Waals surface area (Å²) in [6.45, 7) is 7.86. The van der Waals surface area contributed by atoms with E-state index in [0.717, 1.165) is 38.0 Å². The largest absolute Gasteiger partial charge is 0.343 e. The topological polar surface area (TPSA) is 49.4 Å². The van der Waals surface area contributed by atoms with Crippen LogP contribution in [0.25, 0.3) is 0 Å². The van der Waals surface area contributed by atoms with Crippen LogP contribution < -0.4 is 5.32 Å². The Kier molecular flexibility index (Phi) is 9.03. The molecule has 1 aromatic rings. The van der Waals surface area contributed by atoms with Crippen LogP contribution in [0.4, 0.5) is 5.69 Å². The minimum absolute atomic E-state index is 0.0245. The number of hydrogen-bond donors (Lipinski definition) is 1. The maximum Gasteiger partial charge on any atom is 0.224 e. The third-order valence-electron chi connectivity index (χ3n) is 3.75. The lowest BCUT2D eigenvalue weighted by molar-refractivity contribution is -0.131. The van der Waals surface area contributed by atoms with Gasteiger partial charge >= 0.3 is 0 Å². The molecule has 2 amide bonds. The molecule has 0 aliphatic heterocycles. The van der Waals surface area contributed by atoms with Gasteiger partial charge in [-0.15, -0.1) is 0 Å². The van der Waals surface area contributed by atoms with Gasteiger partial charge < -0.3 is 10.2 Å². The van der Waals surface area contributed by atoms with Crippen LogP contribution in [0.2, 0.25) is 0 Å². The quantitative estimate of drug-likeness (QED) is 0.708. The predicted octanol–water partition coefficient (Wildman–Crippen LogP) is 4.01. The van der Waals surface area contributed by atoms with Crippen molar-refractivity contribution < 1.29 is 9.59 Å². The summed E-state index contributed by atoms with van der Waals surface area (Å²) >= 11 is 0. The number of aryl methyl sites for hydroxylation is 1. The average molecular weight is 318 g/mol. The zero-order valence-corrected chi connectivity index (χ0v) is 14.7. The van der Waals surface area contributed by atoms with Gasteiger partial charge in [0.2, 0.25) is 11.8 Å². The molecule has 4 heteroatoms. The summed E-state index contributed by atoms with van der Waals surface area (Å²) in [5, 5.41) is 2.91. The predicted molar refractivity (Wildman–Crippen MR) is 95.5 cm³/mol. The summed E-state index contributed by atoms with van der Waals surface area (Å²) in [5.41, 5.74) is 2.03. The first kappa shape index (κ1) is 19.2. The van der Waals surface area contributed by atoms with Crippen molar-refractivity contribution >= 4 is 17.5 Å². The van der Waals surface area contributed by atoms with E-state index in [1.165, 1.54) is 5.56 Å². The number of carbonyl (C=O) groups is 2. The van der Waals surface area contributed by atoms with Crippen molar-refractivity contribution in [3.05, 3.63) is 29.8 Å². The van der Waals surface area contributed by atoms with E-state index in [1.807, 2.05) is 29.2 Å². The number of carbonyl (C=O) groups excluding carboxylic acids is 2. The van der Waals surface area contributed by atoms with Gasteiger partial charge in [-0.25, -0.2) is 0 Å². The molecule has 0 unspecified atom stereocenters. The summed E-state index contributed by atoms with van der Waals surface area (Å²) < 4.78 is 0. The fourth-order valence-electron chi connectivity index (χ4n) is 2.55. The molecule has 0 saturated carbocycles. The van der Waals surface area contributed by atoms with Gasteiger partial charge in [0.1, 0.15) is 0 Å². The van der Waals surface area contributed by atoms with Crippen LogP contribution in [-0.2, 0) is 16.0 Å². The van der Waals surface area contributed by atoms with E-state index in [1.54, 1.807) is 0 Å². The van der Waals surface area contributed by atoms with Gasteiger partial charge in [0.05, 0.1) is 0 Å². The Morgan fingerprint density at radius 2 is 1.74 bits per heavy atom. The highest BCUT2D eigenvalue weighted by Gasteiger charge is 2.12. The first-order valence-corrected chi connectivity index (χ1v) is 8.77. The Bertz CT molecular complexity index is 494. The number of anilines is 1. The zero-order chi connectivity index (χ0) is 17.1. The third-order valence-corrected chi connectivity index (χ3v) is 3.75. The highest BCUT2D eigenvalue weighted by atomic mass is 16.2. The van der Waals surface area contributed by atoms with Gasteiger partial charge in [0.15, 0.2) is 0 Å². The van der Waals surface area contributed by atoms with Crippen molar-refractivity contribution in [3.63, 3.8) is 0 Å². The third kappa shape index (κ3) is 7.31. The number of benzene rings is 1. The van der Waals surface area contributed by atoms with Crippen LogP contribution in [-0.4, -0.2) is 29.8 Å². The second kappa shape index (κ2) is 10.8. The smallest absolute Gasteiger partial charge is 0.224 e. The van der Waals surface area contributed by atoms with Crippen molar-refractivity contribution in [1.29, 1.82) is 0 Å². The molecule has 1 aromatic carbocycles. The fourth-order valence-corrected chi connectivity index (χ4v) is 2.55. The fraction of sp³-hybridized carbons (Fsp3) is 0.579. The Labute approximate surface area is 140 Å². The molecule has 1 rings (SSSR count). The molecule has 0 radical (unpaired) electrons.